The van der Waals surface area contributed by atoms with Crippen LogP contribution in [0.4, 0.5) is 0 Å². The van der Waals surface area contributed by atoms with E-state index in [4.69, 9.17) is 10.0 Å². The van der Waals surface area contributed by atoms with Gasteiger partial charge in [-0.3, -0.25) is 0 Å². The van der Waals surface area contributed by atoms with Gasteiger partial charge in [0.1, 0.15) is 0 Å². The molecule has 1 heterocycles. The van der Waals surface area contributed by atoms with Crippen molar-refractivity contribution in [3.8, 4) is 0 Å². The number of hydrogen-bond donors (Lipinski definition) is 3. The molecule has 0 unspecified atom stereocenters. The summed E-state index contributed by atoms with van der Waals surface area (Å²) >= 11 is 0. The first-order valence-electron chi connectivity index (χ1n) is 4.77. The van der Waals surface area contributed by atoms with Crippen molar-refractivity contribution in [3.05, 3.63) is 24.0 Å². The number of unbranched alkanes of at least 4 members (excludes halogenated alkanes) is 2. The molecule has 3 nitrogen and oxygen atoms in total. The van der Waals surface area contributed by atoms with E-state index in [9.17, 15) is 0 Å². The molecule has 72 valence electrons. The van der Waals surface area contributed by atoms with Gasteiger partial charge in [-0.2, -0.15) is 0 Å². The first-order valence-corrected chi connectivity index (χ1v) is 4.77. The molecule has 0 aromatic carbocycles. The van der Waals surface area contributed by atoms with Crippen molar-refractivity contribution in [2.24, 2.45) is 0 Å². The second-order valence-corrected chi connectivity index (χ2v) is 3.28. The minimum Gasteiger partial charge on any atom is -0.427 e. The summed E-state index contributed by atoms with van der Waals surface area (Å²) in [6.45, 7) is 0. The Bertz CT molecular complexity index is 211. The molecule has 0 aliphatic heterocycles. The Morgan fingerprint density at radius 2 is 2.08 bits per heavy atom. The average molecular weight is 181 g/mol. The number of aryl methyl sites for hydroxylation is 1. The smallest absolute Gasteiger partial charge is 0.427 e. The number of aromatic amines is 1. The Hall–Kier alpha value is -0.735. The minimum atomic E-state index is -1.13. The van der Waals surface area contributed by atoms with E-state index in [0.717, 1.165) is 25.7 Å². The quantitative estimate of drug-likeness (QED) is 0.456. The van der Waals surface area contributed by atoms with Crippen LogP contribution in [0.1, 0.15) is 25.0 Å². The van der Waals surface area contributed by atoms with E-state index < -0.39 is 7.12 Å². The summed E-state index contributed by atoms with van der Waals surface area (Å²) in [5, 5.41) is 17.2. The molecule has 0 saturated heterocycles. The van der Waals surface area contributed by atoms with Gasteiger partial charge in [0.05, 0.1) is 0 Å². The zero-order valence-corrected chi connectivity index (χ0v) is 7.74. The SMILES string of the molecule is OB(O)CCCCCc1ccc[nH]1. The summed E-state index contributed by atoms with van der Waals surface area (Å²) in [4.78, 5) is 3.14. The van der Waals surface area contributed by atoms with Crippen molar-refractivity contribution in [2.75, 3.05) is 0 Å². The van der Waals surface area contributed by atoms with Crippen LogP contribution in [-0.2, 0) is 6.42 Å². The molecular weight excluding hydrogens is 165 g/mol. The number of H-pyrrole nitrogens is 1. The Morgan fingerprint density at radius 3 is 2.69 bits per heavy atom. The van der Waals surface area contributed by atoms with Crippen LogP contribution >= 0.6 is 0 Å². The molecule has 0 aliphatic rings. The maximum Gasteiger partial charge on any atom is 0.451 e. The van der Waals surface area contributed by atoms with E-state index in [0.29, 0.717) is 6.32 Å². The molecule has 1 aromatic rings. The molecule has 3 N–H and O–H groups in total. The van der Waals surface area contributed by atoms with Crippen molar-refractivity contribution in [1.29, 1.82) is 0 Å². The van der Waals surface area contributed by atoms with Crippen molar-refractivity contribution in [3.63, 3.8) is 0 Å². The standard InChI is InChI=1S/C9H16BNO2/c12-10(13)7-3-1-2-5-9-6-4-8-11-9/h4,6,8,11-13H,1-3,5,7H2. The summed E-state index contributed by atoms with van der Waals surface area (Å²) in [6.07, 6.45) is 6.51. The highest BCUT2D eigenvalue weighted by Gasteiger charge is 2.04. The summed E-state index contributed by atoms with van der Waals surface area (Å²) in [7, 11) is -1.13. The van der Waals surface area contributed by atoms with Crippen molar-refractivity contribution in [2.45, 2.75) is 32.0 Å². The molecule has 0 saturated carbocycles. The maximum atomic E-state index is 8.59. The molecule has 0 atom stereocenters. The fraction of sp³-hybridized carbons (Fsp3) is 0.556. The largest absolute Gasteiger partial charge is 0.451 e. The molecule has 4 heteroatoms. The van der Waals surface area contributed by atoms with E-state index in [1.54, 1.807) is 0 Å². The second-order valence-electron chi connectivity index (χ2n) is 3.28. The van der Waals surface area contributed by atoms with Crippen molar-refractivity contribution < 1.29 is 10.0 Å². The van der Waals surface area contributed by atoms with Crippen LogP contribution in [0.2, 0.25) is 6.32 Å². The van der Waals surface area contributed by atoms with Crippen molar-refractivity contribution >= 4 is 7.12 Å². The number of aromatic nitrogens is 1. The van der Waals surface area contributed by atoms with E-state index in [2.05, 4.69) is 11.1 Å². The lowest BCUT2D eigenvalue weighted by Gasteiger charge is -1.99. The van der Waals surface area contributed by atoms with Gasteiger partial charge in [-0.15, -0.1) is 0 Å². The lowest BCUT2D eigenvalue weighted by atomic mass is 9.83. The maximum absolute atomic E-state index is 8.59. The van der Waals surface area contributed by atoms with Crippen LogP contribution in [0.25, 0.3) is 0 Å². The van der Waals surface area contributed by atoms with Gasteiger partial charge in [-0.1, -0.05) is 12.8 Å². The molecule has 13 heavy (non-hydrogen) atoms. The third kappa shape index (κ3) is 4.75. The molecule has 1 aromatic heterocycles. The Morgan fingerprint density at radius 1 is 1.23 bits per heavy atom. The third-order valence-corrected chi connectivity index (χ3v) is 2.07. The number of rotatable bonds is 6. The van der Waals surface area contributed by atoms with Gasteiger partial charge < -0.3 is 15.0 Å². The topological polar surface area (TPSA) is 56.2 Å². The molecule has 0 fully saturated rings. The summed E-state index contributed by atoms with van der Waals surface area (Å²) < 4.78 is 0. The molecular formula is C9H16BNO2. The van der Waals surface area contributed by atoms with Crippen LogP contribution in [0.3, 0.4) is 0 Å². The normalized spacial score (nSPS) is 10.3. The van der Waals surface area contributed by atoms with Gasteiger partial charge in [0.25, 0.3) is 0 Å². The average Bonchev–Trinajstić information content (AvgIpc) is 2.55. The molecule has 0 radical (unpaired) electrons. The minimum absolute atomic E-state index is 0.491. The number of hydrogen-bond acceptors (Lipinski definition) is 2. The monoisotopic (exact) mass is 181 g/mol. The Balaban J connectivity index is 1.96. The predicted molar refractivity (Wildman–Crippen MR) is 53.3 cm³/mol. The zero-order chi connectivity index (χ0) is 9.52. The van der Waals surface area contributed by atoms with Crippen LogP contribution in [0.15, 0.2) is 18.3 Å². The first kappa shape index (κ1) is 10.3. The van der Waals surface area contributed by atoms with E-state index >= 15 is 0 Å². The molecule has 0 aliphatic carbocycles. The highest BCUT2D eigenvalue weighted by Crippen LogP contribution is 2.06. The lowest BCUT2D eigenvalue weighted by Crippen LogP contribution is -2.09. The van der Waals surface area contributed by atoms with E-state index in [1.165, 1.54) is 5.69 Å². The van der Waals surface area contributed by atoms with Gasteiger partial charge in [0, 0.05) is 11.9 Å². The molecule has 0 bridgehead atoms. The van der Waals surface area contributed by atoms with Gasteiger partial charge in [-0.05, 0) is 31.3 Å². The van der Waals surface area contributed by atoms with Crippen LogP contribution in [-0.4, -0.2) is 22.2 Å². The summed E-state index contributed by atoms with van der Waals surface area (Å²) in [5.41, 5.74) is 1.25. The van der Waals surface area contributed by atoms with Gasteiger partial charge in [0.15, 0.2) is 0 Å². The second kappa shape index (κ2) is 5.83. The summed E-state index contributed by atoms with van der Waals surface area (Å²) in [5.74, 6) is 0. The highest BCUT2D eigenvalue weighted by molar-refractivity contribution is 6.40. The van der Waals surface area contributed by atoms with Gasteiger partial charge in [0.2, 0.25) is 0 Å². The van der Waals surface area contributed by atoms with E-state index in [1.807, 2.05) is 12.3 Å². The Labute approximate surface area is 78.9 Å². The van der Waals surface area contributed by atoms with Crippen molar-refractivity contribution in [1.82, 2.24) is 4.98 Å². The lowest BCUT2D eigenvalue weighted by molar-refractivity contribution is 0.401. The molecule has 0 spiro atoms. The fourth-order valence-electron chi connectivity index (χ4n) is 1.34. The first-order chi connectivity index (χ1) is 6.29. The molecule has 0 amide bonds. The van der Waals surface area contributed by atoms with Crippen LogP contribution < -0.4 is 0 Å². The van der Waals surface area contributed by atoms with E-state index in [-0.39, 0.29) is 0 Å². The summed E-state index contributed by atoms with van der Waals surface area (Å²) in [6, 6.07) is 4.06. The van der Waals surface area contributed by atoms with Crippen LogP contribution in [0, 0.1) is 0 Å². The third-order valence-electron chi connectivity index (χ3n) is 2.07. The zero-order valence-electron chi connectivity index (χ0n) is 7.74. The van der Waals surface area contributed by atoms with Gasteiger partial charge in [-0.25, -0.2) is 0 Å². The molecule has 1 rings (SSSR count). The Kier molecular flexibility index (Phi) is 4.64. The fourth-order valence-corrected chi connectivity index (χ4v) is 1.34. The van der Waals surface area contributed by atoms with Crippen LogP contribution in [0.5, 0.6) is 0 Å². The highest BCUT2D eigenvalue weighted by atomic mass is 16.4. The van der Waals surface area contributed by atoms with Gasteiger partial charge >= 0.3 is 7.12 Å². The predicted octanol–water partition coefficient (Wildman–Crippen LogP) is 1.20. The number of nitrogens with one attached hydrogen (secondary N) is 1.